The zero-order valence-corrected chi connectivity index (χ0v) is 12.0. The highest BCUT2D eigenvalue weighted by Gasteiger charge is 2.36. The number of nitrogens with zero attached hydrogens (tertiary/aromatic N) is 1. The largest absolute Gasteiger partial charge is 0.481 e. The highest BCUT2D eigenvalue weighted by molar-refractivity contribution is 5.66. The number of carboxylic acid groups (broad SMARTS) is 1. The van der Waals surface area contributed by atoms with Crippen LogP contribution in [0, 0.1) is 0 Å². The first kappa shape index (κ1) is 16.4. The summed E-state index contributed by atoms with van der Waals surface area (Å²) in [5.41, 5.74) is -0.198. The lowest BCUT2D eigenvalue weighted by molar-refractivity contribution is -0.267. The van der Waals surface area contributed by atoms with Gasteiger partial charge in [0.15, 0.2) is 0 Å². The van der Waals surface area contributed by atoms with E-state index in [2.05, 4.69) is 41.5 Å². The first-order valence-corrected chi connectivity index (χ1v) is 6.32. The molecule has 0 aliphatic rings. The lowest BCUT2D eigenvalue weighted by Gasteiger charge is -2.46. The Morgan fingerprint density at radius 2 is 1.53 bits per heavy atom. The van der Waals surface area contributed by atoms with E-state index in [0.29, 0.717) is 0 Å². The fraction of sp³-hybridized carbons (Fsp3) is 0.923. The Bertz CT molecular complexity index is 233. The summed E-state index contributed by atoms with van der Waals surface area (Å²) in [6.07, 6.45) is 1.93. The molecule has 0 saturated heterocycles. The minimum Gasteiger partial charge on any atom is -0.481 e. The van der Waals surface area contributed by atoms with Crippen molar-refractivity contribution in [2.75, 3.05) is 6.61 Å². The Balaban J connectivity index is 4.69. The predicted molar refractivity (Wildman–Crippen MR) is 68.8 cm³/mol. The second-order valence-electron chi connectivity index (χ2n) is 5.60. The third kappa shape index (κ3) is 5.04. The van der Waals surface area contributed by atoms with Gasteiger partial charge in [-0.1, -0.05) is 13.8 Å². The van der Waals surface area contributed by atoms with Crippen molar-refractivity contribution in [1.29, 1.82) is 0 Å². The van der Waals surface area contributed by atoms with Crippen molar-refractivity contribution in [1.82, 2.24) is 5.06 Å². The number of rotatable bonds is 8. The molecule has 4 heteroatoms. The number of carboxylic acids is 1. The number of carbonyl (C=O) groups is 1. The predicted octanol–water partition coefficient (Wildman–Crippen LogP) is 3.07. The third-order valence-electron chi connectivity index (χ3n) is 3.37. The van der Waals surface area contributed by atoms with Gasteiger partial charge in [-0.05, 0) is 40.5 Å². The molecular formula is C13H27NO3. The molecule has 0 aromatic carbocycles. The molecule has 0 bridgehead atoms. The third-order valence-corrected chi connectivity index (χ3v) is 3.37. The van der Waals surface area contributed by atoms with Gasteiger partial charge in [-0.3, -0.25) is 9.63 Å². The molecule has 0 fully saturated rings. The fourth-order valence-corrected chi connectivity index (χ4v) is 1.68. The van der Waals surface area contributed by atoms with Gasteiger partial charge in [-0.2, -0.15) is 5.06 Å². The van der Waals surface area contributed by atoms with Crippen LogP contribution in [0.5, 0.6) is 0 Å². The maximum atomic E-state index is 10.5. The standard InChI is InChI=1S/C13H27NO3/c1-7-12(3,4)14(13(5,6)8-2)17-10-9-11(15)16/h7-10H2,1-6H3,(H,15,16). The van der Waals surface area contributed by atoms with Gasteiger partial charge in [-0.15, -0.1) is 0 Å². The average molecular weight is 245 g/mol. The maximum absolute atomic E-state index is 10.5. The van der Waals surface area contributed by atoms with Crippen LogP contribution in [0.4, 0.5) is 0 Å². The van der Waals surface area contributed by atoms with Crippen LogP contribution in [0.1, 0.15) is 60.8 Å². The van der Waals surface area contributed by atoms with E-state index in [0.717, 1.165) is 12.8 Å². The van der Waals surface area contributed by atoms with Gasteiger partial charge in [0.1, 0.15) is 0 Å². The van der Waals surface area contributed by atoms with Gasteiger partial charge in [0.2, 0.25) is 0 Å². The first-order valence-electron chi connectivity index (χ1n) is 6.32. The summed E-state index contributed by atoms with van der Waals surface area (Å²) >= 11 is 0. The van der Waals surface area contributed by atoms with Gasteiger partial charge < -0.3 is 5.11 Å². The smallest absolute Gasteiger partial charge is 0.305 e. The van der Waals surface area contributed by atoms with E-state index in [4.69, 9.17) is 9.94 Å². The van der Waals surface area contributed by atoms with Crippen LogP contribution >= 0.6 is 0 Å². The second kappa shape index (κ2) is 6.36. The Labute approximate surface area is 105 Å². The van der Waals surface area contributed by atoms with Crippen molar-refractivity contribution in [3.63, 3.8) is 0 Å². The van der Waals surface area contributed by atoms with Gasteiger partial charge in [0, 0.05) is 11.1 Å². The monoisotopic (exact) mass is 245 g/mol. The molecule has 0 unspecified atom stereocenters. The number of aliphatic carboxylic acids is 1. The highest BCUT2D eigenvalue weighted by Crippen LogP contribution is 2.30. The summed E-state index contributed by atoms with van der Waals surface area (Å²) in [5.74, 6) is -0.825. The van der Waals surface area contributed by atoms with Crippen LogP contribution in [-0.4, -0.2) is 33.8 Å². The SMILES string of the molecule is CCC(C)(C)N(OCCC(=O)O)C(C)(C)CC. The molecule has 0 radical (unpaired) electrons. The Morgan fingerprint density at radius 1 is 1.12 bits per heavy atom. The Hall–Kier alpha value is -0.610. The molecule has 0 rings (SSSR count). The molecule has 0 aliphatic heterocycles. The molecule has 0 saturated carbocycles. The quantitative estimate of drug-likeness (QED) is 0.668. The Morgan fingerprint density at radius 3 is 1.82 bits per heavy atom. The van der Waals surface area contributed by atoms with Crippen LogP contribution in [0.25, 0.3) is 0 Å². The van der Waals surface area contributed by atoms with E-state index in [1.807, 2.05) is 5.06 Å². The molecule has 4 nitrogen and oxygen atoms in total. The molecule has 1 N–H and O–H groups in total. The molecule has 17 heavy (non-hydrogen) atoms. The topological polar surface area (TPSA) is 49.8 Å². The van der Waals surface area contributed by atoms with Gasteiger partial charge in [0.25, 0.3) is 0 Å². The zero-order chi connectivity index (χ0) is 13.7. The maximum Gasteiger partial charge on any atom is 0.305 e. The summed E-state index contributed by atoms with van der Waals surface area (Å²) in [6.45, 7) is 12.9. The van der Waals surface area contributed by atoms with E-state index in [1.165, 1.54) is 0 Å². The zero-order valence-electron chi connectivity index (χ0n) is 12.0. The summed E-state index contributed by atoms with van der Waals surface area (Å²) in [7, 11) is 0. The van der Waals surface area contributed by atoms with Gasteiger partial charge in [-0.25, -0.2) is 0 Å². The van der Waals surface area contributed by atoms with Crippen molar-refractivity contribution in [2.45, 2.75) is 71.9 Å². The minimum absolute atomic E-state index is 0.0378. The van der Waals surface area contributed by atoms with Gasteiger partial charge >= 0.3 is 5.97 Å². The van der Waals surface area contributed by atoms with Crippen molar-refractivity contribution in [2.24, 2.45) is 0 Å². The van der Waals surface area contributed by atoms with Crippen molar-refractivity contribution in [3.05, 3.63) is 0 Å². The summed E-state index contributed by atoms with van der Waals surface area (Å²) < 4.78 is 0. The fourth-order valence-electron chi connectivity index (χ4n) is 1.68. The van der Waals surface area contributed by atoms with Crippen LogP contribution < -0.4 is 0 Å². The molecule has 0 aromatic rings. The number of hydroxylamine groups is 2. The normalized spacial score (nSPS) is 13.1. The molecule has 0 spiro atoms. The van der Waals surface area contributed by atoms with Crippen LogP contribution in [0.3, 0.4) is 0 Å². The van der Waals surface area contributed by atoms with E-state index in [-0.39, 0.29) is 24.1 Å². The Kier molecular flexibility index (Phi) is 6.13. The van der Waals surface area contributed by atoms with Gasteiger partial charge in [0.05, 0.1) is 13.0 Å². The van der Waals surface area contributed by atoms with Crippen molar-refractivity contribution in [3.8, 4) is 0 Å². The van der Waals surface area contributed by atoms with Crippen LogP contribution in [0.2, 0.25) is 0 Å². The molecule has 102 valence electrons. The highest BCUT2D eigenvalue weighted by atomic mass is 16.7. The summed E-state index contributed by atoms with van der Waals surface area (Å²) in [5, 5.41) is 10.6. The van der Waals surface area contributed by atoms with E-state index >= 15 is 0 Å². The lowest BCUT2D eigenvalue weighted by atomic mass is 9.92. The first-order chi connectivity index (χ1) is 7.67. The number of hydrogen-bond acceptors (Lipinski definition) is 3. The minimum atomic E-state index is -0.825. The molecule has 0 atom stereocenters. The molecule has 0 heterocycles. The molecule has 0 amide bonds. The molecule has 0 aliphatic carbocycles. The molecule has 0 aromatic heterocycles. The van der Waals surface area contributed by atoms with E-state index in [9.17, 15) is 4.79 Å². The summed E-state index contributed by atoms with van der Waals surface area (Å²) in [4.78, 5) is 16.2. The van der Waals surface area contributed by atoms with Crippen LogP contribution in [0.15, 0.2) is 0 Å². The summed E-state index contributed by atoms with van der Waals surface area (Å²) in [6, 6.07) is 0. The molecular weight excluding hydrogens is 218 g/mol. The van der Waals surface area contributed by atoms with E-state index < -0.39 is 5.97 Å². The average Bonchev–Trinajstić information content (AvgIpc) is 2.23. The van der Waals surface area contributed by atoms with Crippen molar-refractivity contribution >= 4 is 5.97 Å². The van der Waals surface area contributed by atoms with E-state index in [1.54, 1.807) is 0 Å². The lowest BCUT2D eigenvalue weighted by Crippen LogP contribution is -2.55. The number of hydrogen-bond donors (Lipinski definition) is 1. The second-order valence-corrected chi connectivity index (χ2v) is 5.60. The van der Waals surface area contributed by atoms with Crippen molar-refractivity contribution < 1.29 is 14.7 Å². The van der Waals surface area contributed by atoms with Crippen LogP contribution in [-0.2, 0) is 9.63 Å².